The van der Waals surface area contributed by atoms with E-state index in [-0.39, 0.29) is 5.82 Å². The van der Waals surface area contributed by atoms with E-state index < -0.39 is 0 Å². The highest BCUT2D eigenvalue weighted by atomic mass is 19.1. The van der Waals surface area contributed by atoms with Crippen molar-refractivity contribution in [3.05, 3.63) is 121 Å². The molecule has 0 bridgehead atoms. The van der Waals surface area contributed by atoms with Crippen molar-refractivity contribution in [1.29, 1.82) is 0 Å². The van der Waals surface area contributed by atoms with Crippen LogP contribution in [0.15, 0.2) is 115 Å². The number of fused-ring (bicyclic) bond motifs is 3. The smallest absolute Gasteiger partial charge is 0.132 e. The van der Waals surface area contributed by atoms with E-state index in [4.69, 9.17) is 0 Å². The molecule has 0 amide bonds. The Balaban J connectivity index is 1.67. The molecule has 6 rings (SSSR count). The monoisotopic (exact) mass is 398 g/mol. The molecule has 0 heterocycles. The van der Waals surface area contributed by atoms with Crippen molar-refractivity contribution in [2.24, 2.45) is 0 Å². The maximum absolute atomic E-state index is 15.8. The topological polar surface area (TPSA) is 0 Å². The molecule has 0 fully saturated rings. The minimum absolute atomic E-state index is 0.196. The lowest BCUT2D eigenvalue weighted by molar-refractivity contribution is 0.633. The molecule has 0 aliphatic rings. The maximum atomic E-state index is 15.8. The van der Waals surface area contributed by atoms with E-state index in [2.05, 4.69) is 54.6 Å². The Bertz CT molecular complexity index is 1590. The molecular formula is C30H19F. The van der Waals surface area contributed by atoms with Crippen molar-refractivity contribution < 1.29 is 4.39 Å². The summed E-state index contributed by atoms with van der Waals surface area (Å²) >= 11 is 0. The van der Waals surface area contributed by atoms with Crippen LogP contribution >= 0.6 is 0 Å². The Morgan fingerprint density at radius 3 is 1.90 bits per heavy atom. The summed E-state index contributed by atoms with van der Waals surface area (Å²) < 4.78 is 15.8. The van der Waals surface area contributed by atoms with Gasteiger partial charge in [0.15, 0.2) is 0 Å². The van der Waals surface area contributed by atoms with E-state index in [1.54, 1.807) is 6.07 Å². The van der Waals surface area contributed by atoms with Gasteiger partial charge in [-0.3, -0.25) is 0 Å². The van der Waals surface area contributed by atoms with Crippen LogP contribution in [0, 0.1) is 5.82 Å². The lowest BCUT2D eigenvalue weighted by atomic mass is 9.89. The van der Waals surface area contributed by atoms with Crippen molar-refractivity contribution in [3.8, 4) is 22.3 Å². The number of hydrogen-bond donors (Lipinski definition) is 0. The minimum Gasteiger partial charge on any atom is -0.206 e. The summed E-state index contributed by atoms with van der Waals surface area (Å²) in [5, 5.41) is 6.50. The fourth-order valence-electron chi connectivity index (χ4n) is 4.65. The fraction of sp³-hybridized carbons (Fsp3) is 0. The predicted molar refractivity (Wildman–Crippen MR) is 130 cm³/mol. The third-order valence-electron chi connectivity index (χ3n) is 6.12. The number of hydrogen-bond acceptors (Lipinski definition) is 0. The average Bonchev–Trinajstić information content (AvgIpc) is 2.83. The minimum atomic E-state index is -0.196. The van der Waals surface area contributed by atoms with Crippen molar-refractivity contribution in [1.82, 2.24) is 0 Å². The summed E-state index contributed by atoms with van der Waals surface area (Å²) in [4.78, 5) is 0. The van der Waals surface area contributed by atoms with E-state index >= 15 is 4.39 Å². The Labute approximate surface area is 180 Å². The molecule has 0 aliphatic heterocycles. The molecule has 6 aromatic rings. The first-order chi connectivity index (χ1) is 15.3. The van der Waals surface area contributed by atoms with Crippen LogP contribution in [-0.2, 0) is 0 Å². The number of benzene rings is 6. The van der Waals surface area contributed by atoms with Crippen LogP contribution in [0.3, 0.4) is 0 Å². The molecule has 0 nitrogen and oxygen atoms in total. The third kappa shape index (κ3) is 2.90. The van der Waals surface area contributed by atoms with E-state index in [0.717, 1.165) is 43.6 Å². The van der Waals surface area contributed by atoms with Gasteiger partial charge in [-0.15, -0.1) is 0 Å². The van der Waals surface area contributed by atoms with Crippen molar-refractivity contribution in [2.45, 2.75) is 0 Å². The molecule has 146 valence electrons. The first kappa shape index (κ1) is 17.9. The summed E-state index contributed by atoms with van der Waals surface area (Å²) in [5.41, 5.74) is 3.54. The van der Waals surface area contributed by atoms with Crippen LogP contribution in [0.2, 0.25) is 0 Å². The lowest BCUT2D eigenvalue weighted by Gasteiger charge is -2.15. The molecule has 0 atom stereocenters. The Morgan fingerprint density at radius 1 is 0.419 bits per heavy atom. The SMILES string of the molecule is Fc1cc(-c2ccc3ccccc3c2)c2ccccc2c1-c1cccc2ccccc12. The second-order valence-electron chi connectivity index (χ2n) is 7.92. The van der Waals surface area contributed by atoms with Crippen LogP contribution in [0.1, 0.15) is 0 Å². The second-order valence-corrected chi connectivity index (χ2v) is 7.92. The standard InChI is InChI=1S/C30H19F/c31-29-19-28(23-17-16-20-8-1-2-10-22(20)18-23)25-13-5-6-14-27(25)30(29)26-15-7-11-21-9-3-4-12-24(21)26/h1-19H. The number of halogens is 1. The van der Waals surface area contributed by atoms with Crippen LogP contribution in [0.25, 0.3) is 54.6 Å². The summed E-state index contributed by atoms with van der Waals surface area (Å²) in [6, 6.07) is 38.7. The first-order valence-electron chi connectivity index (χ1n) is 10.5. The molecule has 0 radical (unpaired) electrons. The number of rotatable bonds is 2. The average molecular weight is 398 g/mol. The van der Waals surface area contributed by atoms with Gasteiger partial charge in [0, 0.05) is 5.56 Å². The van der Waals surface area contributed by atoms with Gasteiger partial charge in [-0.2, -0.15) is 0 Å². The molecule has 0 spiro atoms. The van der Waals surface area contributed by atoms with E-state index in [9.17, 15) is 0 Å². The zero-order valence-electron chi connectivity index (χ0n) is 16.8. The van der Waals surface area contributed by atoms with E-state index in [1.807, 2.05) is 54.6 Å². The highest BCUT2D eigenvalue weighted by Gasteiger charge is 2.16. The molecule has 31 heavy (non-hydrogen) atoms. The van der Waals surface area contributed by atoms with Crippen LogP contribution in [0.4, 0.5) is 4.39 Å². The van der Waals surface area contributed by atoms with Gasteiger partial charge < -0.3 is 0 Å². The predicted octanol–water partition coefficient (Wildman–Crippen LogP) is 8.62. The molecule has 0 saturated heterocycles. The molecule has 6 aromatic carbocycles. The van der Waals surface area contributed by atoms with Gasteiger partial charge >= 0.3 is 0 Å². The molecule has 0 unspecified atom stereocenters. The molecule has 1 heteroatoms. The Hall–Kier alpha value is -3.97. The largest absolute Gasteiger partial charge is 0.206 e. The summed E-state index contributed by atoms with van der Waals surface area (Å²) in [6.07, 6.45) is 0. The van der Waals surface area contributed by atoms with Gasteiger partial charge in [0.1, 0.15) is 5.82 Å². The highest BCUT2D eigenvalue weighted by molar-refractivity contribution is 6.10. The molecular weight excluding hydrogens is 379 g/mol. The fourth-order valence-corrected chi connectivity index (χ4v) is 4.65. The van der Waals surface area contributed by atoms with Crippen molar-refractivity contribution in [2.75, 3.05) is 0 Å². The zero-order valence-corrected chi connectivity index (χ0v) is 16.8. The van der Waals surface area contributed by atoms with Gasteiger partial charge in [0.2, 0.25) is 0 Å². The van der Waals surface area contributed by atoms with Gasteiger partial charge in [-0.25, -0.2) is 4.39 Å². The second kappa shape index (κ2) is 7.07. The van der Waals surface area contributed by atoms with Crippen LogP contribution in [0.5, 0.6) is 0 Å². The van der Waals surface area contributed by atoms with Crippen molar-refractivity contribution in [3.63, 3.8) is 0 Å². The van der Waals surface area contributed by atoms with Gasteiger partial charge in [-0.1, -0.05) is 103 Å². The molecule has 0 saturated carbocycles. The first-order valence-corrected chi connectivity index (χ1v) is 10.5. The highest BCUT2D eigenvalue weighted by Crippen LogP contribution is 2.40. The molecule has 0 N–H and O–H groups in total. The summed E-state index contributed by atoms with van der Waals surface area (Å²) in [6.45, 7) is 0. The summed E-state index contributed by atoms with van der Waals surface area (Å²) in [7, 11) is 0. The van der Waals surface area contributed by atoms with Gasteiger partial charge in [-0.05, 0) is 61.1 Å². The Morgan fingerprint density at radius 2 is 1.06 bits per heavy atom. The normalized spacial score (nSPS) is 11.4. The van der Waals surface area contributed by atoms with Crippen LogP contribution < -0.4 is 0 Å². The van der Waals surface area contributed by atoms with Gasteiger partial charge in [0.05, 0.1) is 0 Å². The van der Waals surface area contributed by atoms with E-state index in [1.165, 1.54) is 5.39 Å². The summed E-state index contributed by atoms with van der Waals surface area (Å²) in [5.74, 6) is -0.196. The molecule has 0 aliphatic carbocycles. The van der Waals surface area contributed by atoms with Crippen molar-refractivity contribution >= 4 is 32.3 Å². The Kier molecular flexibility index (Phi) is 4.07. The van der Waals surface area contributed by atoms with E-state index in [0.29, 0.717) is 5.56 Å². The molecule has 0 aromatic heterocycles. The quantitative estimate of drug-likeness (QED) is 0.274. The third-order valence-corrected chi connectivity index (χ3v) is 6.12. The lowest BCUT2D eigenvalue weighted by Crippen LogP contribution is -1.92. The van der Waals surface area contributed by atoms with Gasteiger partial charge in [0.25, 0.3) is 0 Å². The van der Waals surface area contributed by atoms with Crippen LogP contribution in [-0.4, -0.2) is 0 Å². The maximum Gasteiger partial charge on any atom is 0.132 e. The zero-order chi connectivity index (χ0) is 20.8.